The van der Waals surface area contributed by atoms with Crippen molar-refractivity contribution < 1.29 is 8.81 Å². The number of benzene rings is 1. The molecule has 0 bridgehead atoms. The highest BCUT2D eigenvalue weighted by Crippen LogP contribution is 2.26. The predicted molar refractivity (Wildman–Crippen MR) is 67.7 cm³/mol. The minimum Gasteiger partial charge on any atom is -0.416 e. The first kappa shape index (κ1) is 11.5. The van der Waals surface area contributed by atoms with E-state index in [1.165, 1.54) is 12.1 Å². The first-order valence-electron chi connectivity index (χ1n) is 5.74. The number of aryl methyl sites for hydroxylation is 1. The van der Waals surface area contributed by atoms with Crippen LogP contribution >= 0.6 is 0 Å². The van der Waals surface area contributed by atoms with E-state index in [0.717, 1.165) is 11.1 Å². The van der Waals surface area contributed by atoms with Crippen molar-refractivity contribution in [1.29, 1.82) is 0 Å². The Morgan fingerprint density at radius 1 is 1.11 bits per heavy atom. The van der Waals surface area contributed by atoms with Gasteiger partial charge in [-0.3, -0.25) is 4.98 Å². The molecule has 0 aliphatic heterocycles. The van der Waals surface area contributed by atoms with Gasteiger partial charge >= 0.3 is 0 Å². The molecule has 0 N–H and O–H groups in total. The van der Waals surface area contributed by atoms with Gasteiger partial charge in [-0.25, -0.2) is 4.39 Å². The third-order valence-corrected chi connectivity index (χ3v) is 2.76. The van der Waals surface area contributed by atoms with E-state index >= 15 is 0 Å². The van der Waals surface area contributed by atoms with Gasteiger partial charge in [-0.1, -0.05) is 6.07 Å². The molecule has 5 heteroatoms. The Bertz CT molecular complexity index is 710. The van der Waals surface area contributed by atoms with Crippen LogP contribution in [0.3, 0.4) is 0 Å². The van der Waals surface area contributed by atoms with E-state index in [0.29, 0.717) is 17.3 Å². The van der Waals surface area contributed by atoms with Gasteiger partial charge < -0.3 is 4.42 Å². The standard InChI is InChI=1S/C14H10FN3O/c1-9-4-5-11(15)7-12(9)14-18-17-13(19-14)10-3-2-6-16-8-10/h2-8H,1H3. The van der Waals surface area contributed by atoms with Crippen molar-refractivity contribution >= 4 is 0 Å². The maximum Gasteiger partial charge on any atom is 0.249 e. The average Bonchev–Trinajstić information content (AvgIpc) is 2.92. The summed E-state index contributed by atoms with van der Waals surface area (Å²) >= 11 is 0. The summed E-state index contributed by atoms with van der Waals surface area (Å²) in [6.45, 7) is 1.86. The van der Waals surface area contributed by atoms with Gasteiger partial charge in [0.2, 0.25) is 11.8 Å². The molecule has 2 aromatic heterocycles. The fourth-order valence-corrected chi connectivity index (χ4v) is 1.76. The number of nitrogens with zero attached hydrogens (tertiary/aromatic N) is 3. The topological polar surface area (TPSA) is 51.8 Å². The number of aromatic nitrogens is 3. The summed E-state index contributed by atoms with van der Waals surface area (Å²) < 4.78 is 18.8. The van der Waals surface area contributed by atoms with Crippen LogP contribution in [0.1, 0.15) is 5.56 Å². The third kappa shape index (κ3) is 2.22. The van der Waals surface area contributed by atoms with Crippen LogP contribution in [-0.2, 0) is 0 Å². The Balaban J connectivity index is 2.04. The SMILES string of the molecule is Cc1ccc(F)cc1-c1nnc(-c2cccnc2)o1. The number of hydrogen-bond acceptors (Lipinski definition) is 4. The van der Waals surface area contributed by atoms with Gasteiger partial charge in [0.15, 0.2) is 0 Å². The lowest BCUT2D eigenvalue weighted by molar-refractivity contribution is 0.581. The van der Waals surface area contributed by atoms with Gasteiger partial charge in [-0.05, 0) is 36.8 Å². The van der Waals surface area contributed by atoms with Crippen molar-refractivity contribution in [2.75, 3.05) is 0 Å². The fraction of sp³-hybridized carbons (Fsp3) is 0.0714. The Hall–Kier alpha value is -2.56. The molecule has 0 spiro atoms. The van der Waals surface area contributed by atoms with Crippen LogP contribution in [0.2, 0.25) is 0 Å². The molecular formula is C14H10FN3O. The number of hydrogen-bond donors (Lipinski definition) is 0. The maximum atomic E-state index is 13.3. The summed E-state index contributed by atoms with van der Waals surface area (Å²) in [6, 6.07) is 8.07. The second kappa shape index (κ2) is 4.61. The molecule has 0 unspecified atom stereocenters. The summed E-state index contributed by atoms with van der Waals surface area (Å²) in [5, 5.41) is 7.91. The second-order valence-electron chi connectivity index (χ2n) is 4.11. The summed E-state index contributed by atoms with van der Waals surface area (Å²) in [5.41, 5.74) is 2.21. The molecule has 94 valence electrons. The van der Waals surface area contributed by atoms with Crippen molar-refractivity contribution in [3.8, 4) is 22.9 Å². The Morgan fingerprint density at radius 2 is 1.95 bits per heavy atom. The monoisotopic (exact) mass is 255 g/mol. The third-order valence-electron chi connectivity index (χ3n) is 2.76. The van der Waals surface area contributed by atoms with Gasteiger partial charge in [0.25, 0.3) is 0 Å². The van der Waals surface area contributed by atoms with E-state index in [1.54, 1.807) is 24.5 Å². The van der Waals surface area contributed by atoms with Crippen molar-refractivity contribution in [3.05, 3.63) is 54.1 Å². The molecule has 0 aliphatic carbocycles. The molecule has 0 aliphatic rings. The van der Waals surface area contributed by atoms with Crippen molar-refractivity contribution in [2.24, 2.45) is 0 Å². The largest absolute Gasteiger partial charge is 0.416 e. The first-order valence-corrected chi connectivity index (χ1v) is 5.74. The Kier molecular flexibility index (Phi) is 2.79. The molecule has 0 radical (unpaired) electrons. The van der Waals surface area contributed by atoms with E-state index in [4.69, 9.17) is 4.42 Å². The molecule has 3 aromatic rings. The van der Waals surface area contributed by atoms with E-state index in [1.807, 2.05) is 13.0 Å². The van der Waals surface area contributed by atoms with E-state index in [-0.39, 0.29) is 5.82 Å². The van der Waals surface area contributed by atoms with Gasteiger partial charge in [0, 0.05) is 18.0 Å². The van der Waals surface area contributed by atoms with E-state index in [2.05, 4.69) is 15.2 Å². The Morgan fingerprint density at radius 3 is 2.74 bits per heavy atom. The van der Waals surface area contributed by atoms with Crippen molar-refractivity contribution in [2.45, 2.75) is 6.92 Å². The van der Waals surface area contributed by atoms with Gasteiger partial charge in [0.1, 0.15) is 5.82 Å². The highest BCUT2D eigenvalue weighted by Gasteiger charge is 2.13. The molecule has 0 fully saturated rings. The zero-order valence-electron chi connectivity index (χ0n) is 10.2. The summed E-state index contributed by atoms with van der Waals surface area (Å²) in [6.07, 6.45) is 3.30. The normalized spacial score (nSPS) is 10.6. The summed E-state index contributed by atoms with van der Waals surface area (Å²) in [4.78, 5) is 3.99. The van der Waals surface area contributed by atoms with Gasteiger partial charge in [-0.15, -0.1) is 10.2 Å². The molecule has 3 rings (SSSR count). The fourth-order valence-electron chi connectivity index (χ4n) is 1.76. The van der Waals surface area contributed by atoms with E-state index < -0.39 is 0 Å². The van der Waals surface area contributed by atoms with Gasteiger partial charge in [-0.2, -0.15) is 0 Å². The molecule has 0 atom stereocenters. The highest BCUT2D eigenvalue weighted by atomic mass is 19.1. The quantitative estimate of drug-likeness (QED) is 0.705. The molecule has 19 heavy (non-hydrogen) atoms. The molecule has 4 nitrogen and oxygen atoms in total. The van der Waals surface area contributed by atoms with Gasteiger partial charge in [0.05, 0.1) is 5.56 Å². The first-order chi connectivity index (χ1) is 9.24. The number of halogens is 1. The highest BCUT2D eigenvalue weighted by molar-refractivity contribution is 5.60. The van der Waals surface area contributed by atoms with Crippen LogP contribution < -0.4 is 0 Å². The zero-order chi connectivity index (χ0) is 13.2. The lowest BCUT2D eigenvalue weighted by Crippen LogP contribution is -1.85. The van der Waals surface area contributed by atoms with Crippen molar-refractivity contribution in [1.82, 2.24) is 15.2 Å². The van der Waals surface area contributed by atoms with E-state index in [9.17, 15) is 4.39 Å². The van der Waals surface area contributed by atoms with Crippen LogP contribution in [0.4, 0.5) is 4.39 Å². The minimum atomic E-state index is -0.332. The van der Waals surface area contributed by atoms with Crippen molar-refractivity contribution in [3.63, 3.8) is 0 Å². The zero-order valence-corrected chi connectivity index (χ0v) is 10.2. The molecular weight excluding hydrogens is 245 g/mol. The van der Waals surface area contributed by atoms with Crippen LogP contribution in [0, 0.1) is 12.7 Å². The van der Waals surface area contributed by atoms with Crippen LogP contribution in [0.25, 0.3) is 22.9 Å². The van der Waals surface area contributed by atoms with Crippen LogP contribution in [0.5, 0.6) is 0 Å². The molecule has 1 aromatic carbocycles. The maximum absolute atomic E-state index is 13.3. The Labute approximate surface area is 108 Å². The number of pyridine rings is 1. The second-order valence-corrected chi connectivity index (χ2v) is 4.11. The average molecular weight is 255 g/mol. The lowest BCUT2D eigenvalue weighted by Gasteiger charge is -2.00. The number of rotatable bonds is 2. The van der Waals surface area contributed by atoms with Crippen LogP contribution in [-0.4, -0.2) is 15.2 Å². The minimum absolute atomic E-state index is 0.302. The molecule has 0 saturated carbocycles. The molecule has 0 amide bonds. The smallest absolute Gasteiger partial charge is 0.249 e. The molecule has 0 saturated heterocycles. The summed E-state index contributed by atoms with van der Waals surface area (Å²) in [7, 11) is 0. The predicted octanol–water partition coefficient (Wildman–Crippen LogP) is 3.25. The van der Waals surface area contributed by atoms with Crippen LogP contribution in [0.15, 0.2) is 47.1 Å². The lowest BCUT2D eigenvalue weighted by atomic mass is 10.1. The summed E-state index contributed by atoms with van der Waals surface area (Å²) in [5.74, 6) is 0.337. The molecule has 2 heterocycles.